The van der Waals surface area contributed by atoms with Crippen LogP contribution in [0.15, 0.2) is 40.9 Å². The molecule has 0 saturated carbocycles. The molecule has 2 aromatic rings. The molecule has 6 nitrogen and oxygen atoms in total. The lowest BCUT2D eigenvalue weighted by Gasteiger charge is -2.08. The molecule has 0 atom stereocenters. The Labute approximate surface area is 126 Å². The van der Waals surface area contributed by atoms with Gasteiger partial charge in [-0.25, -0.2) is 4.39 Å². The third-order valence-corrected chi connectivity index (χ3v) is 3.11. The maximum Gasteiger partial charge on any atom is 0.271 e. The van der Waals surface area contributed by atoms with Crippen molar-refractivity contribution in [2.45, 2.75) is 0 Å². The smallest absolute Gasteiger partial charge is 0.271 e. The van der Waals surface area contributed by atoms with Gasteiger partial charge in [0.1, 0.15) is 11.6 Å². The average Bonchev–Trinajstić information content (AvgIpc) is 2.43. The molecule has 0 unspecified atom stereocenters. The average molecular weight is 355 g/mol. The highest BCUT2D eigenvalue weighted by Crippen LogP contribution is 2.28. The number of anilines is 1. The van der Waals surface area contributed by atoms with Crippen LogP contribution in [0.2, 0.25) is 0 Å². The van der Waals surface area contributed by atoms with E-state index in [1.54, 1.807) is 0 Å². The molecule has 0 aliphatic rings. The lowest BCUT2D eigenvalue weighted by atomic mass is 10.2. The van der Waals surface area contributed by atoms with Crippen LogP contribution in [0.3, 0.4) is 0 Å². The van der Waals surface area contributed by atoms with Crippen molar-refractivity contribution in [3.63, 3.8) is 0 Å². The minimum Gasteiger partial charge on any atom is -0.506 e. The summed E-state index contributed by atoms with van der Waals surface area (Å²) >= 11 is 3.11. The van der Waals surface area contributed by atoms with Crippen LogP contribution in [0, 0.1) is 15.9 Å². The summed E-state index contributed by atoms with van der Waals surface area (Å²) in [6.07, 6.45) is 0. The van der Waals surface area contributed by atoms with E-state index in [0.29, 0.717) is 4.47 Å². The number of nitrogens with one attached hydrogen (secondary N) is 1. The molecule has 0 aromatic heterocycles. The van der Waals surface area contributed by atoms with Gasteiger partial charge in [-0.3, -0.25) is 14.9 Å². The van der Waals surface area contributed by atoms with E-state index in [4.69, 9.17) is 0 Å². The summed E-state index contributed by atoms with van der Waals surface area (Å²) in [6, 6.07) is 6.95. The number of carbonyl (C=O) groups excluding carboxylic acids is 1. The fourth-order valence-electron chi connectivity index (χ4n) is 1.60. The molecule has 2 N–H and O–H groups in total. The van der Waals surface area contributed by atoms with E-state index in [0.717, 1.165) is 24.3 Å². The van der Waals surface area contributed by atoms with Crippen molar-refractivity contribution < 1.29 is 19.2 Å². The minimum absolute atomic E-state index is 0.173. The van der Waals surface area contributed by atoms with Crippen molar-refractivity contribution in [2.24, 2.45) is 0 Å². The number of hydrogen-bond donors (Lipinski definition) is 2. The SMILES string of the molecule is O=C(Nc1cc([N+](=O)[O-])ccc1O)c1cc(Br)ccc1F. The largest absolute Gasteiger partial charge is 0.506 e. The Bertz CT molecular complexity index is 736. The number of amides is 1. The standard InChI is InChI=1S/C13H8BrFN2O4/c14-7-1-3-10(15)9(5-7)13(19)16-11-6-8(17(20)21)2-4-12(11)18/h1-6,18H,(H,16,19). The molecule has 8 heteroatoms. The molecule has 0 bridgehead atoms. The molecular weight excluding hydrogens is 347 g/mol. The summed E-state index contributed by atoms with van der Waals surface area (Å²) in [5.74, 6) is -1.94. The van der Waals surface area contributed by atoms with Crippen molar-refractivity contribution in [1.82, 2.24) is 0 Å². The van der Waals surface area contributed by atoms with Gasteiger partial charge in [0.25, 0.3) is 11.6 Å². The predicted octanol–water partition coefficient (Wildman–Crippen LogP) is 3.45. The van der Waals surface area contributed by atoms with Crippen LogP contribution in [0.4, 0.5) is 15.8 Å². The summed E-state index contributed by atoms with van der Waals surface area (Å²) in [6.45, 7) is 0. The van der Waals surface area contributed by atoms with Crippen molar-refractivity contribution >= 4 is 33.2 Å². The molecule has 0 fully saturated rings. The van der Waals surface area contributed by atoms with Gasteiger partial charge in [0.15, 0.2) is 0 Å². The maximum absolute atomic E-state index is 13.6. The fraction of sp³-hybridized carbons (Fsp3) is 0. The van der Waals surface area contributed by atoms with E-state index in [9.17, 15) is 24.4 Å². The van der Waals surface area contributed by atoms with Crippen molar-refractivity contribution in [2.75, 3.05) is 5.32 Å². The van der Waals surface area contributed by atoms with Gasteiger partial charge in [-0.1, -0.05) is 15.9 Å². The van der Waals surface area contributed by atoms with E-state index in [-0.39, 0.29) is 22.7 Å². The van der Waals surface area contributed by atoms with E-state index >= 15 is 0 Å². The second-order valence-electron chi connectivity index (χ2n) is 4.04. The van der Waals surface area contributed by atoms with Crippen molar-refractivity contribution in [1.29, 1.82) is 0 Å². The summed E-state index contributed by atoms with van der Waals surface area (Å²) in [5, 5.41) is 22.5. The Hall–Kier alpha value is -2.48. The number of phenolic OH excluding ortho intramolecular Hbond substituents is 1. The molecular formula is C13H8BrFN2O4. The summed E-state index contributed by atoms with van der Waals surface area (Å²) < 4.78 is 14.1. The molecule has 2 rings (SSSR count). The van der Waals surface area contributed by atoms with E-state index < -0.39 is 16.6 Å². The highest BCUT2D eigenvalue weighted by molar-refractivity contribution is 9.10. The molecule has 0 aliphatic heterocycles. The number of nitro groups is 1. The number of phenols is 1. The number of rotatable bonds is 3. The number of non-ortho nitro benzene ring substituents is 1. The molecule has 0 radical (unpaired) electrons. The zero-order valence-corrected chi connectivity index (χ0v) is 11.9. The Morgan fingerprint density at radius 2 is 2.00 bits per heavy atom. The van der Waals surface area contributed by atoms with E-state index in [2.05, 4.69) is 21.2 Å². The highest BCUT2D eigenvalue weighted by Gasteiger charge is 2.16. The van der Waals surface area contributed by atoms with Gasteiger partial charge >= 0.3 is 0 Å². The minimum atomic E-state index is -0.829. The molecule has 1 amide bonds. The Balaban J connectivity index is 2.33. The van der Waals surface area contributed by atoms with E-state index in [1.165, 1.54) is 12.1 Å². The number of carbonyl (C=O) groups is 1. The number of halogens is 2. The van der Waals surface area contributed by atoms with Crippen LogP contribution in [-0.2, 0) is 0 Å². The first-order valence-electron chi connectivity index (χ1n) is 5.62. The first-order chi connectivity index (χ1) is 9.88. The molecule has 0 spiro atoms. The van der Waals surface area contributed by atoms with Crippen LogP contribution >= 0.6 is 15.9 Å². The summed E-state index contributed by atoms with van der Waals surface area (Å²) in [7, 11) is 0. The first kappa shape index (κ1) is 14.9. The number of nitrogens with zero attached hydrogens (tertiary/aromatic N) is 1. The van der Waals surface area contributed by atoms with Gasteiger partial charge in [-0.2, -0.15) is 0 Å². The third kappa shape index (κ3) is 3.34. The fourth-order valence-corrected chi connectivity index (χ4v) is 1.96. The maximum atomic E-state index is 13.6. The number of aromatic hydroxyl groups is 1. The number of hydrogen-bond acceptors (Lipinski definition) is 4. The Kier molecular flexibility index (Phi) is 4.18. The predicted molar refractivity (Wildman–Crippen MR) is 76.8 cm³/mol. The second-order valence-corrected chi connectivity index (χ2v) is 4.95. The normalized spacial score (nSPS) is 10.2. The molecule has 21 heavy (non-hydrogen) atoms. The van der Waals surface area contributed by atoms with Gasteiger partial charge < -0.3 is 10.4 Å². The van der Waals surface area contributed by atoms with Crippen LogP contribution in [-0.4, -0.2) is 15.9 Å². The Morgan fingerprint density at radius 1 is 1.29 bits per heavy atom. The van der Waals surface area contributed by atoms with Gasteiger partial charge in [0, 0.05) is 16.6 Å². The summed E-state index contributed by atoms with van der Waals surface area (Å²) in [5.41, 5.74) is -0.735. The van der Waals surface area contributed by atoms with Crippen molar-refractivity contribution in [3.8, 4) is 5.75 Å². The van der Waals surface area contributed by atoms with Crippen LogP contribution in [0.5, 0.6) is 5.75 Å². The zero-order valence-electron chi connectivity index (χ0n) is 10.3. The van der Waals surface area contributed by atoms with Gasteiger partial charge in [-0.15, -0.1) is 0 Å². The lowest BCUT2D eigenvalue weighted by molar-refractivity contribution is -0.384. The molecule has 0 saturated heterocycles. The van der Waals surface area contributed by atoms with Gasteiger partial charge in [-0.05, 0) is 24.3 Å². The van der Waals surface area contributed by atoms with Gasteiger partial charge in [0.2, 0.25) is 0 Å². The van der Waals surface area contributed by atoms with Gasteiger partial charge in [0.05, 0.1) is 16.2 Å². The highest BCUT2D eigenvalue weighted by atomic mass is 79.9. The first-order valence-corrected chi connectivity index (χ1v) is 6.41. The van der Waals surface area contributed by atoms with E-state index in [1.807, 2.05) is 0 Å². The molecule has 0 heterocycles. The monoisotopic (exact) mass is 354 g/mol. The van der Waals surface area contributed by atoms with Crippen LogP contribution < -0.4 is 5.32 Å². The lowest BCUT2D eigenvalue weighted by Crippen LogP contribution is -2.14. The van der Waals surface area contributed by atoms with Crippen LogP contribution in [0.1, 0.15) is 10.4 Å². The molecule has 0 aliphatic carbocycles. The van der Waals surface area contributed by atoms with Crippen molar-refractivity contribution in [3.05, 3.63) is 62.4 Å². The second kappa shape index (κ2) is 5.88. The molecule has 108 valence electrons. The number of nitro benzene ring substituents is 1. The summed E-state index contributed by atoms with van der Waals surface area (Å²) in [4.78, 5) is 22.0. The topological polar surface area (TPSA) is 92.5 Å². The van der Waals surface area contributed by atoms with Crippen LogP contribution in [0.25, 0.3) is 0 Å². The third-order valence-electron chi connectivity index (χ3n) is 2.61. The molecule has 2 aromatic carbocycles. The number of benzene rings is 2. The Morgan fingerprint density at radius 3 is 2.67 bits per heavy atom. The quantitative estimate of drug-likeness (QED) is 0.501. The zero-order chi connectivity index (χ0) is 15.6.